The van der Waals surface area contributed by atoms with Gasteiger partial charge < -0.3 is 15.0 Å². The third-order valence-electron chi connectivity index (χ3n) is 5.30. The third-order valence-corrected chi connectivity index (χ3v) is 5.30. The number of anilines is 2. The molecule has 2 aliphatic heterocycles. The molecule has 29 heavy (non-hydrogen) atoms. The van der Waals surface area contributed by atoms with Crippen LogP contribution in [0.1, 0.15) is 17.9 Å². The smallest absolute Gasteiger partial charge is 0.249 e. The molecule has 0 bridgehead atoms. The molecule has 0 saturated carbocycles. The Morgan fingerprint density at radius 1 is 1.10 bits per heavy atom. The van der Waals surface area contributed by atoms with Gasteiger partial charge in [0.2, 0.25) is 5.91 Å². The van der Waals surface area contributed by atoms with Crippen molar-refractivity contribution in [3.8, 4) is 5.75 Å². The molecule has 1 amide bonds. The highest BCUT2D eigenvalue weighted by Gasteiger charge is 2.35. The molecule has 4 rings (SSSR count). The first-order chi connectivity index (χ1) is 14.0. The Balaban J connectivity index is 1.53. The first-order valence-corrected chi connectivity index (χ1v) is 9.34. The number of carbonyl (C=O) groups is 1. The van der Waals surface area contributed by atoms with Crippen LogP contribution in [-0.2, 0) is 4.79 Å². The predicted octanol–water partition coefficient (Wildman–Crippen LogP) is 2.52. The van der Waals surface area contributed by atoms with E-state index in [1.165, 1.54) is 36.3 Å². The summed E-state index contributed by atoms with van der Waals surface area (Å²) < 4.78 is 48.1. The molecule has 1 unspecified atom stereocenters. The van der Waals surface area contributed by atoms with Crippen LogP contribution in [0.15, 0.2) is 30.3 Å². The maximum absolute atomic E-state index is 14.8. The summed E-state index contributed by atoms with van der Waals surface area (Å²) in [4.78, 5) is 14.0. The van der Waals surface area contributed by atoms with E-state index < -0.39 is 29.4 Å². The number of nitrogens with zero attached hydrogens (tertiary/aromatic N) is 1. The number of ether oxygens (including phenoxy) is 1. The van der Waals surface area contributed by atoms with Crippen molar-refractivity contribution in [1.29, 1.82) is 0 Å². The fraction of sp³-hybridized carbons (Fsp3) is 0.350. The van der Waals surface area contributed by atoms with Crippen molar-refractivity contribution in [2.75, 3.05) is 37.0 Å². The Morgan fingerprint density at radius 2 is 1.86 bits per heavy atom. The van der Waals surface area contributed by atoms with Crippen molar-refractivity contribution < 1.29 is 22.7 Å². The Labute approximate surface area is 166 Å². The van der Waals surface area contributed by atoms with Crippen LogP contribution in [0.5, 0.6) is 5.75 Å². The number of hydrogen-bond acceptors (Lipinski definition) is 5. The Hall–Kier alpha value is -2.78. The second-order valence-corrected chi connectivity index (χ2v) is 7.12. The molecule has 0 spiro atoms. The minimum atomic E-state index is -1.03. The Morgan fingerprint density at radius 3 is 2.59 bits per heavy atom. The fourth-order valence-electron chi connectivity index (χ4n) is 3.78. The normalized spacial score (nSPS) is 19.8. The van der Waals surface area contributed by atoms with Gasteiger partial charge in [0.05, 0.1) is 12.8 Å². The number of benzene rings is 2. The van der Waals surface area contributed by atoms with Gasteiger partial charge in [-0.2, -0.15) is 0 Å². The van der Waals surface area contributed by atoms with Crippen molar-refractivity contribution in [2.24, 2.45) is 0 Å². The highest BCUT2D eigenvalue weighted by atomic mass is 19.2. The minimum absolute atomic E-state index is 0.0868. The maximum atomic E-state index is 14.8. The molecule has 2 fully saturated rings. The summed E-state index contributed by atoms with van der Waals surface area (Å²) in [6.07, 6.45) is 0.372. The molecule has 154 valence electrons. The van der Waals surface area contributed by atoms with E-state index >= 15 is 0 Å². The first kappa shape index (κ1) is 19.5. The average Bonchev–Trinajstić information content (AvgIpc) is 3.35. The van der Waals surface area contributed by atoms with Crippen molar-refractivity contribution in [1.82, 2.24) is 10.9 Å². The largest absolute Gasteiger partial charge is 0.497 e. The molecule has 9 heteroatoms. The van der Waals surface area contributed by atoms with E-state index in [1.54, 1.807) is 6.07 Å². The molecular weight excluding hydrogens is 385 g/mol. The topological polar surface area (TPSA) is 65.6 Å². The molecule has 6 nitrogen and oxygen atoms in total. The molecule has 2 aromatic carbocycles. The summed E-state index contributed by atoms with van der Waals surface area (Å²) >= 11 is 0. The quantitative estimate of drug-likeness (QED) is 0.712. The highest BCUT2D eigenvalue weighted by Crippen LogP contribution is 2.32. The van der Waals surface area contributed by atoms with Gasteiger partial charge in [-0.05, 0) is 24.1 Å². The number of rotatable bonds is 5. The van der Waals surface area contributed by atoms with Gasteiger partial charge in [0.1, 0.15) is 17.6 Å². The molecule has 2 saturated heterocycles. The zero-order valence-corrected chi connectivity index (χ0v) is 15.8. The van der Waals surface area contributed by atoms with Crippen LogP contribution >= 0.6 is 0 Å². The summed E-state index contributed by atoms with van der Waals surface area (Å²) in [5.74, 6) is -2.73. The predicted molar refractivity (Wildman–Crippen MR) is 102 cm³/mol. The second kappa shape index (κ2) is 7.92. The highest BCUT2D eigenvalue weighted by molar-refractivity contribution is 6.01. The maximum Gasteiger partial charge on any atom is 0.249 e. The van der Waals surface area contributed by atoms with Gasteiger partial charge in [0.15, 0.2) is 11.6 Å². The molecule has 2 heterocycles. The van der Waals surface area contributed by atoms with Crippen LogP contribution in [0.4, 0.5) is 24.5 Å². The fourth-order valence-corrected chi connectivity index (χ4v) is 3.78. The van der Waals surface area contributed by atoms with Crippen LogP contribution in [-0.4, -0.2) is 38.7 Å². The summed E-state index contributed by atoms with van der Waals surface area (Å²) in [7, 11) is 1.42. The minimum Gasteiger partial charge on any atom is -0.497 e. The first-order valence-electron chi connectivity index (χ1n) is 9.34. The number of carbonyl (C=O) groups excluding carboxylic acids is 1. The van der Waals surface area contributed by atoms with Crippen LogP contribution in [0, 0.1) is 17.5 Å². The van der Waals surface area contributed by atoms with E-state index in [1.807, 2.05) is 0 Å². The molecule has 3 N–H and O–H groups in total. The Kier molecular flexibility index (Phi) is 5.33. The molecule has 2 aromatic rings. The van der Waals surface area contributed by atoms with Gasteiger partial charge >= 0.3 is 0 Å². The lowest BCUT2D eigenvalue weighted by Crippen LogP contribution is -2.34. The zero-order chi connectivity index (χ0) is 20.5. The summed E-state index contributed by atoms with van der Waals surface area (Å²) in [5, 5.41) is 2.95. The number of nitrogens with one attached hydrogen (secondary N) is 3. The molecular formula is C20H21F3N4O2. The van der Waals surface area contributed by atoms with E-state index in [9.17, 15) is 18.0 Å². The van der Waals surface area contributed by atoms with Crippen LogP contribution < -0.4 is 25.8 Å². The molecule has 2 aliphatic rings. The number of halogens is 3. The lowest BCUT2D eigenvalue weighted by atomic mass is 9.99. The number of hydrogen-bond donors (Lipinski definition) is 3. The molecule has 0 radical (unpaired) electrons. The second-order valence-electron chi connectivity index (χ2n) is 7.12. The van der Waals surface area contributed by atoms with Crippen molar-refractivity contribution in [2.45, 2.75) is 18.4 Å². The van der Waals surface area contributed by atoms with Crippen LogP contribution in [0.25, 0.3) is 0 Å². The van der Waals surface area contributed by atoms with Gasteiger partial charge in [-0.15, -0.1) is 0 Å². The zero-order valence-electron chi connectivity index (χ0n) is 15.8. The SMILES string of the molecule is COc1cc(F)cc(NC2CCN(c3ccc(C4CNNC4)c(F)c3F)C2=O)c1. The van der Waals surface area contributed by atoms with Crippen molar-refractivity contribution in [3.63, 3.8) is 0 Å². The van der Waals surface area contributed by atoms with E-state index in [2.05, 4.69) is 16.2 Å². The standard InChI is InChI=1S/C20H21F3N4O2/c1-29-14-7-12(21)6-13(8-14)26-16-4-5-27(20(16)28)17-3-2-15(18(22)19(17)23)11-9-24-25-10-11/h2-3,6-8,11,16,24-26H,4-5,9-10H2,1H3. The molecule has 0 aliphatic carbocycles. The van der Waals surface area contributed by atoms with Gasteiger partial charge in [-0.3, -0.25) is 15.6 Å². The van der Waals surface area contributed by atoms with E-state index in [-0.39, 0.29) is 23.7 Å². The number of amides is 1. The van der Waals surface area contributed by atoms with E-state index in [4.69, 9.17) is 4.74 Å². The van der Waals surface area contributed by atoms with Gasteiger partial charge in [-0.25, -0.2) is 13.2 Å². The molecule has 0 aromatic heterocycles. The summed E-state index contributed by atoms with van der Waals surface area (Å²) in [6.45, 7) is 1.23. The lowest BCUT2D eigenvalue weighted by molar-refractivity contribution is -0.117. The lowest BCUT2D eigenvalue weighted by Gasteiger charge is -2.20. The van der Waals surface area contributed by atoms with Gasteiger partial charge in [0, 0.05) is 43.4 Å². The average molecular weight is 406 g/mol. The monoisotopic (exact) mass is 406 g/mol. The van der Waals surface area contributed by atoms with Gasteiger partial charge in [0.25, 0.3) is 0 Å². The summed E-state index contributed by atoms with van der Waals surface area (Å²) in [6, 6.07) is 6.33. The van der Waals surface area contributed by atoms with E-state index in [0.29, 0.717) is 30.9 Å². The number of hydrazine groups is 1. The number of methoxy groups -OCH3 is 1. The van der Waals surface area contributed by atoms with Gasteiger partial charge in [-0.1, -0.05) is 6.07 Å². The summed E-state index contributed by atoms with van der Waals surface area (Å²) in [5.41, 5.74) is 6.34. The van der Waals surface area contributed by atoms with Crippen molar-refractivity contribution >= 4 is 17.3 Å². The van der Waals surface area contributed by atoms with Crippen LogP contribution in [0.2, 0.25) is 0 Å². The Bertz CT molecular complexity index is 934. The van der Waals surface area contributed by atoms with Crippen molar-refractivity contribution in [3.05, 3.63) is 53.3 Å². The van der Waals surface area contributed by atoms with E-state index in [0.717, 1.165) is 0 Å². The van der Waals surface area contributed by atoms with Crippen LogP contribution in [0.3, 0.4) is 0 Å². The third kappa shape index (κ3) is 3.75. The molecule has 1 atom stereocenters.